The van der Waals surface area contributed by atoms with E-state index in [0.29, 0.717) is 0 Å². The van der Waals surface area contributed by atoms with Gasteiger partial charge in [-0.25, -0.2) is 0 Å². The van der Waals surface area contributed by atoms with Crippen molar-refractivity contribution in [3.8, 4) is 0 Å². The van der Waals surface area contributed by atoms with E-state index in [1.165, 1.54) is 39.9 Å². The molecule has 3 aliphatic rings. The van der Waals surface area contributed by atoms with Gasteiger partial charge in [0.2, 0.25) is 0 Å². The zero-order valence-corrected chi connectivity index (χ0v) is 18.2. The Bertz CT molecular complexity index is 915. The molecule has 1 unspecified atom stereocenters. The summed E-state index contributed by atoms with van der Waals surface area (Å²) in [6.07, 6.45) is 34.7. The standard InChI is InChI=1S/C29H34/c1-5-19-29(20-10-9-15-27(29)6-2)22-24(4)18-17-23(3)21-26-14-11-13-25-12-7-8-16-28(25)26/h6-7,9-10,12-18,20-21H,4-5,8,11,19,22H2,1-3H3/b18-17-,23-21+,27-6-. The van der Waals surface area contributed by atoms with Crippen molar-refractivity contribution < 1.29 is 0 Å². The minimum absolute atomic E-state index is 0.0854. The van der Waals surface area contributed by atoms with Gasteiger partial charge >= 0.3 is 0 Å². The molecule has 150 valence electrons. The summed E-state index contributed by atoms with van der Waals surface area (Å²) >= 11 is 0. The molecule has 0 fully saturated rings. The highest BCUT2D eigenvalue weighted by atomic mass is 14.3. The molecular weight excluding hydrogens is 348 g/mol. The van der Waals surface area contributed by atoms with Crippen molar-refractivity contribution >= 4 is 0 Å². The van der Waals surface area contributed by atoms with Crippen LogP contribution in [-0.2, 0) is 0 Å². The third-order valence-electron chi connectivity index (χ3n) is 5.94. The molecule has 0 aliphatic heterocycles. The van der Waals surface area contributed by atoms with Crippen LogP contribution >= 0.6 is 0 Å². The van der Waals surface area contributed by atoms with Crippen LogP contribution in [-0.4, -0.2) is 0 Å². The zero-order valence-electron chi connectivity index (χ0n) is 18.2. The summed E-state index contributed by atoms with van der Waals surface area (Å²) in [5, 5.41) is 0. The van der Waals surface area contributed by atoms with Gasteiger partial charge in [0.15, 0.2) is 0 Å². The number of hydrogen-bond donors (Lipinski definition) is 0. The van der Waals surface area contributed by atoms with Gasteiger partial charge in [-0.2, -0.15) is 0 Å². The van der Waals surface area contributed by atoms with E-state index in [4.69, 9.17) is 0 Å². The first-order valence-electron chi connectivity index (χ1n) is 10.9. The average molecular weight is 383 g/mol. The van der Waals surface area contributed by atoms with Gasteiger partial charge in [-0.1, -0.05) is 110 Å². The molecule has 0 heteroatoms. The minimum atomic E-state index is 0.0854. The maximum Gasteiger partial charge on any atom is 0.0172 e. The van der Waals surface area contributed by atoms with Crippen molar-refractivity contribution in [2.24, 2.45) is 5.41 Å². The lowest BCUT2D eigenvalue weighted by atomic mass is 9.70. The van der Waals surface area contributed by atoms with E-state index in [0.717, 1.165) is 25.7 Å². The second kappa shape index (κ2) is 9.74. The molecule has 0 spiro atoms. The highest BCUT2D eigenvalue weighted by molar-refractivity contribution is 5.60. The molecule has 3 aliphatic carbocycles. The number of fused-ring (bicyclic) bond motifs is 1. The Morgan fingerprint density at radius 2 is 1.97 bits per heavy atom. The third-order valence-corrected chi connectivity index (χ3v) is 5.94. The molecule has 0 radical (unpaired) electrons. The summed E-state index contributed by atoms with van der Waals surface area (Å²) in [7, 11) is 0. The summed E-state index contributed by atoms with van der Waals surface area (Å²) in [5.74, 6) is 0. The van der Waals surface area contributed by atoms with E-state index in [1.54, 1.807) is 0 Å². The van der Waals surface area contributed by atoms with Crippen LogP contribution in [0.15, 0.2) is 119 Å². The van der Waals surface area contributed by atoms with Crippen LogP contribution < -0.4 is 0 Å². The monoisotopic (exact) mass is 382 g/mol. The van der Waals surface area contributed by atoms with Gasteiger partial charge in [0.25, 0.3) is 0 Å². The summed E-state index contributed by atoms with van der Waals surface area (Å²) in [5.41, 5.74) is 8.04. The van der Waals surface area contributed by atoms with Crippen molar-refractivity contribution in [3.63, 3.8) is 0 Å². The molecule has 0 aromatic carbocycles. The fourth-order valence-corrected chi connectivity index (χ4v) is 4.59. The predicted molar refractivity (Wildman–Crippen MR) is 129 cm³/mol. The fraction of sp³-hybridized carbons (Fsp3) is 0.310. The summed E-state index contributed by atoms with van der Waals surface area (Å²) < 4.78 is 0. The Morgan fingerprint density at radius 3 is 2.76 bits per heavy atom. The van der Waals surface area contributed by atoms with Gasteiger partial charge in [0, 0.05) is 5.41 Å². The maximum absolute atomic E-state index is 4.39. The van der Waals surface area contributed by atoms with E-state index in [2.05, 4.69) is 106 Å². The van der Waals surface area contributed by atoms with Crippen molar-refractivity contribution in [1.29, 1.82) is 0 Å². The Hall–Kier alpha value is -2.60. The first-order valence-corrected chi connectivity index (χ1v) is 10.9. The van der Waals surface area contributed by atoms with Crippen LogP contribution in [0.1, 0.15) is 52.9 Å². The Kier molecular flexibility index (Phi) is 7.09. The summed E-state index contributed by atoms with van der Waals surface area (Å²) in [6.45, 7) is 11.0. The van der Waals surface area contributed by atoms with Crippen LogP contribution in [0.2, 0.25) is 0 Å². The smallest absolute Gasteiger partial charge is 0.0172 e. The molecule has 0 heterocycles. The fourth-order valence-electron chi connectivity index (χ4n) is 4.59. The van der Waals surface area contributed by atoms with E-state index in [-0.39, 0.29) is 5.41 Å². The first kappa shape index (κ1) is 21.1. The SMILES string of the molecule is C=C(/C=C\C(C)=C\C1=CCC=C2C=CCC=C21)CC1(CCC)C=CC=C/C1=C/C. The molecule has 0 amide bonds. The lowest BCUT2D eigenvalue weighted by Crippen LogP contribution is -2.22. The summed E-state index contributed by atoms with van der Waals surface area (Å²) in [4.78, 5) is 0. The van der Waals surface area contributed by atoms with Crippen molar-refractivity contribution in [3.05, 3.63) is 119 Å². The molecule has 0 nitrogen and oxygen atoms in total. The molecule has 3 rings (SSSR count). The third kappa shape index (κ3) is 5.07. The van der Waals surface area contributed by atoms with Crippen molar-refractivity contribution in [1.82, 2.24) is 0 Å². The normalized spacial score (nSPS) is 25.1. The quantitative estimate of drug-likeness (QED) is 0.387. The lowest BCUT2D eigenvalue weighted by molar-refractivity contribution is 0.421. The molecule has 1 atom stereocenters. The highest BCUT2D eigenvalue weighted by Gasteiger charge is 2.30. The lowest BCUT2D eigenvalue weighted by Gasteiger charge is -2.34. The molecule has 0 aromatic rings. The zero-order chi connectivity index (χ0) is 20.7. The second-order valence-corrected chi connectivity index (χ2v) is 8.24. The van der Waals surface area contributed by atoms with Crippen molar-refractivity contribution in [2.75, 3.05) is 0 Å². The highest BCUT2D eigenvalue weighted by Crippen LogP contribution is 2.43. The van der Waals surface area contributed by atoms with E-state index < -0.39 is 0 Å². The molecular formula is C29H34. The second-order valence-electron chi connectivity index (χ2n) is 8.24. The molecule has 29 heavy (non-hydrogen) atoms. The predicted octanol–water partition coefficient (Wildman–Crippen LogP) is 8.44. The number of hydrogen-bond acceptors (Lipinski definition) is 0. The molecule has 0 saturated heterocycles. The Morgan fingerprint density at radius 1 is 1.10 bits per heavy atom. The van der Waals surface area contributed by atoms with E-state index in [1.807, 2.05) is 0 Å². The van der Waals surface area contributed by atoms with Gasteiger partial charge < -0.3 is 0 Å². The van der Waals surface area contributed by atoms with Gasteiger partial charge in [0.05, 0.1) is 0 Å². The summed E-state index contributed by atoms with van der Waals surface area (Å²) in [6, 6.07) is 0. The van der Waals surface area contributed by atoms with Crippen LogP contribution in [0.4, 0.5) is 0 Å². The Balaban J connectivity index is 1.70. The maximum atomic E-state index is 4.39. The van der Waals surface area contributed by atoms with Crippen LogP contribution in [0, 0.1) is 5.41 Å². The minimum Gasteiger partial charge on any atom is -0.0958 e. The van der Waals surface area contributed by atoms with Crippen LogP contribution in [0.5, 0.6) is 0 Å². The molecule has 0 N–H and O–H groups in total. The largest absolute Gasteiger partial charge is 0.0958 e. The Labute approximate surface area is 177 Å². The van der Waals surface area contributed by atoms with Crippen LogP contribution in [0.3, 0.4) is 0 Å². The van der Waals surface area contributed by atoms with Gasteiger partial charge in [-0.05, 0) is 61.8 Å². The van der Waals surface area contributed by atoms with Crippen molar-refractivity contribution in [2.45, 2.75) is 52.9 Å². The van der Waals surface area contributed by atoms with Gasteiger partial charge in [0.1, 0.15) is 0 Å². The molecule has 0 bridgehead atoms. The van der Waals surface area contributed by atoms with Gasteiger partial charge in [-0.3, -0.25) is 0 Å². The molecule has 0 saturated carbocycles. The number of rotatable bonds is 7. The average Bonchev–Trinajstić information content (AvgIpc) is 2.73. The van der Waals surface area contributed by atoms with Crippen LogP contribution in [0.25, 0.3) is 0 Å². The van der Waals surface area contributed by atoms with Gasteiger partial charge in [-0.15, -0.1) is 0 Å². The topological polar surface area (TPSA) is 0 Å². The number of allylic oxidation sites excluding steroid dienone is 19. The molecule has 0 aromatic heterocycles. The van der Waals surface area contributed by atoms with E-state index in [9.17, 15) is 0 Å². The van der Waals surface area contributed by atoms with E-state index >= 15 is 0 Å². The first-order chi connectivity index (χ1) is 14.1.